The van der Waals surface area contributed by atoms with E-state index in [9.17, 15) is 4.79 Å². The summed E-state index contributed by atoms with van der Waals surface area (Å²) in [5.41, 5.74) is 0. The van der Waals surface area contributed by atoms with E-state index in [1.807, 2.05) is 0 Å². The zero-order valence-electron chi connectivity index (χ0n) is 9.02. The quantitative estimate of drug-likeness (QED) is 0.501. The Balaban J connectivity index is 0. The molecular formula is C11H22CuO2. The molecule has 0 atom stereocenters. The van der Waals surface area contributed by atoms with E-state index >= 15 is 0 Å². The molecule has 0 aliphatic heterocycles. The molecule has 0 bridgehead atoms. The molecule has 0 unspecified atom stereocenters. The molecule has 0 aliphatic rings. The van der Waals surface area contributed by atoms with Gasteiger partial charge in [-0.05, 0) is 6.42 Å². The minimum absolute atomic E-state index is 0. The predicted molar refractivity (Wildman–Crippen MR) is 54.9 cm³/mol. The van der Waals surface area contributed by atoms with E-state index in [0.29, 0.717) is 6.42 Å². The first kappa shape index (κ1) is 16.4. The second-order valence-electron chi connectivity index (χ2n) is 3.62. The maximum Gasteiger partial charge on any atom is 0.303 e. The maximum atomic E-state index is 10.2. The second-order valence-corrected chi connectivity index (χ2v) is 3.62. The van der Waals surface area contributed by atoms with Crippen LogP contribution >= 0.6 is 0 Å². The smallest absolute Gasteiger partial charge is 0.303 e. The van der Waals surface area contributed by atoms with Crippen LogP contribution in [0.2, 0.25) is 0 Å². The van der Waals surface area contributed by atoms with Crippen LogP contribution in [0.4, 0.5) is 0 Å². The van der Waals surface area contributed by atoms with Crippen molar-refractivity contribution in [3.8, 4) is 0 Å². The van der Waals surface area contributed by atoms with E-state index in [4.69, 9.17) is 5.11 Å². The standard InChI is InChI=1S/C11H22O2.Cu/c1-2-3-4-5-6-7-8-9-10-11(12)13;/h2-10H2,1H3,(H,12,13);. The molecule has 0 saturated heterocycles. The van der Waals surface area contributed by atoms with Crippen LogP contribution in [0.5, 0.6) is 0 Å². The average Bonchev–Trinajstić information content (AvgIpc) is 2.09. The molecule has 3 heteroatoms. The van der Waals surface area contributed by atoms with E-state index < -0.39 is 5.97 Å². The zero-order chi connectivity index (χ0) is 9.94. The van der Waals surface area contributed by atoms with Crippen molar-refractivity contribution in [1.29, 1.82) is 0 Å². The van der Waals surface area contributed by atoms with Gasteiger partial charge in [-0.15, -0.1) is 0 Å². The molecule has 0 rings (SSSR count). The monoisotopic (exact) mass is 249 g/mol. The van der Waals surface area contributed by atoms with Crippen molar-refractivity contribution in [2.75, 3.05) is 0 Å². The van der Waals surface area contributed by atoms with E-state index in [1.165, 1.54) is 38.5 Å². The van der Waals surface area contributed by atoms with Crippen molar-refractivity contribution in [3.05, 3.63) is 0 Å². The molecule has 0 aromatic carbocycles. The third-order valence-corrected chi connectivity index (χ3v) is 2.24. The molecular weight excluding hydrogens is 228 g/mol. The van der Waals surface area contributed by atoms with Gasteiger partial charge in [0.25, 0.3) is 0 Å². The van der Waals surface area contributed by atoms with Crippen LogP contribution in [0.15, 0.2) is 0 Å². The number of rotatable bonds is 9. The summed E-state index contributed by atoms with van der Waals surface area (Å²) in [6.07, 6.45) is 10.1. The van der Waals surface area contributed by atoms with Crippen LogP contribution in [0.1, 0.15) is 64.7 Å². The van der Waals surface area contributed by atoms with Gasteiger partial charge in [-0.3, -0.25) is 4.79 Å². The Morgan fingerprint density at radius 3 is 1.79 bits per heavy atom. The fraction of sp³-hybridized carbons (Fsp3) is 0.909. The molecule has 89 valence electrons. The Bertz CT molecular complexity index is 126. The summed E-state index contributed by atoms with van der Waals surface area (Å²) in [6, 6.07) is 0. The number of aliphatic carboxylic acids is 1. The van der Waals surface area contributed by atoms with E-state index in [0.717, 1.165) is 12.8 Å². The van der Waals surface area contributed by atoms with E-state index in [1.54, 1.807) is 0 Å². The zero-order valence-corrected chi connectivity index (χ0v) is 9.96. The van der Waals surface area contributed by atoms with Crippen LogP contribution in [0.3, 0.4) is 0 Å². The first-order valence-corrected chi connectivity index (χ1v) is 5.49. The van der Waals surface area contributed by atoms with Gasteiger partial charge in [0.2, 0.25) is 0 Å². The Morgan fingerprint density at radius 1 is 0.929 bits per heavy atom. The molecule has 0 heterocycles. The van der Waals surface area contributed by atoms with Crippen molar-refractivity contribution < 1.29 is 27.0 Å². The minimum atomic E-state index is -0.661. The average molecular weight is 250 g/mol. The van der Waals surface area contributed by atoms with E-state index in [2.05, 4.69) is 6.92 Å². The number of hydrogen-bond donors (Lipinski definition) is 1. The predicted octanol–water partition coefficient (Wildman–Crippen LogP) is 3.60. The van der Waals surface area contributed by atoms with Gasteiger partial charge in [-0.25, -0.2) is 0 Å². The van der Waals surface area contributed by atoms with Crippen molar-refractivity contribution in [3.63, 3.8) is 0 Å². The minimum Gasteiger partial charge on any atom is -0.481 e. The molecule has 0 aromatic rings. The molecule has 2 nitrogen and oxygen atoms in total. The Labute approximate surface area is 97.9 Å². The molecule has 0 amide bonds. The summed E-state index contributed by atoms with van der Waals surface area (Å²) >= 11 is 0. The third kappa shape index (κ3) is 14.5. The SMILES string of the molecule is CCCCCCCCCCC(=O)O.[Cu]. The van der Waals surface area contributed by atoms with Gasteiger partial charge < -0.3 is 5.11 Å². The van der Waals surface area contributed by atoms with Gasteiger partial charge in [0.15, 0.2) is 0 Å². The molecule has 0 saturated carbocycles. The van der Waals surface area contributed by atoms with Crippen molar-refractivity contribution >= 4 is 5.97 Å². The Hall–Kier alpha value is -0.0105. The van der Waals surface area contributed by atoms with Gasteiger partial charge in [0.05, 0.1) is 0 Å². The van der Waals surface area contributed by atoms with Crippen LogP contribution in [-0.4, -0.2) is 11.1 Å². The summed E-state index contributed by atoms with van der Waals surface area (Å²) in [4.78, 5) is 10.2. The Kier molecular flexibility index (Phi) is 15.2. The van der Waals surface area contributed by atoms with E-state index in [-0.39, 0.29) is 17.1 Å². The fourth-order valence-corrected chi connectivity index (χ4v) is 1.41. The number of carboxylic acids is 1. The third-order valence-electron chi connectivity index (χ3n) is 2.24. The number of carboxylic acid groups (broad SMARTS) is 1. The maximum absolute atomic E-state index is 10.2. The number of hydrogen-bond acceptors (Lipinski definition) is 1. The summed E-state index contributed by atoms with van der Waals surface area (Å²) < 4.78 is 0. The van der Waals surface area contributed by atoms with Crippen LogP contribution in [-0.2, 0) is 21.9 Å². The summed E-state index contributed by atoms with van der Waals surface area (Å²) in [6.45, 7) is 2.22. The van der Waals surface area contributed by atoms with Gasteiger partial charge in [0, 0.05) is 23.5 Å². The van der Waals surface area contributed by atoms with Crippen molar-refractivity contribution in [1.82, 2.24) is 0 Å². The van der Waals surface area contributed by atoms with Crippen LogP contribution in [0, 0.1) is 0 Å². The Morgan fingerprint density at radius 2 is 1.36 bits per heavy atom. The first-order chi connectivity index (χ1) is 6.27. The molecule has 1 radical (unpaired) electrons. The van der Waals surface area contributed by atoms with Gasteiger partial charge >= 0.3 is 5.97 Å². The first-order valence-electron chi connectivity index (χ1n) is 5.49. The normalized spacial score (nSPS) is 9.50. The molecule has 0 fully saturated rings. The molecule has 1 N–H and O–H groups in total. The molecule has 0 spiro atoms. The molecule has 14 heavy (non-hydrogen) atoms. The largest absolute Gasteiger partial charge is 0.481 e. The molecule has 0 aliphatic carbocycles. The van der Waals surface area contributed by atoms with Crippen LogP contribution < -0.4 is 0 Å². The van der Waals surface area contributed by atoms with Crippen LogP contribution in [0.25, 0.3) is 0 Å². The fourth-order valence-electron chi connectivity index (χ4n) is 1.41. The van der Waals surface area contributed by atoms with Crippen molar-refractivity contribution in [2.24, 2.45) is 0 Å². The van der Waals surface area contributed by atoms with Gasteiger partial charge in [0.1, 0.15) is 0 Å². The number of unbranched alkanes of at least 4 members (excludes halogenated alkanes) is 7. The second kappa shape index (κ2) is 13.0. The summed E-state index contributed by atoms with van der Waals surface area (Å²) in [7, 11) is 0. The van der Waals surface area contributed by atoms with Gasteiger partial charge in [-0.1, -0.05) is 51.9 Å². The number of carbonyl (C=O) groups is 1. The summed E-state index contributed by atoms with van der Waals surface area (Å²) in [5, 5.41) is 8.39. The topological polar surface area (TPSA) is 37.3 Å². The summed E-state index contributed by atoms with van der Waals surface area (Å²) in [5.74, 6) is -0.661. The van der Waals surface area contributed by atoms with Crippen molar-refractivity contribution in [2.45, 2.75) is 64.7 Å². The van der Waals surface area contributed by atoms with Gasteiger partial charge in [-0.2, -0.15) is 0 Å². The molecule has 0 aromatic heterocycles.